The SMILES string of the molecule is O=C(Nc1ccc(Cl)cc1F)c1occc1COc1ccccc1. The van der Waals surface area contributed by atoms with Crippen LogP contribution in [0, 0.1) is 5.82 Å². The van der Waals surface area contributed by atoms with E-state index in [9.17, 15) is 9.18 Å². The second-order valence-electron chi connectivity index (χ2n) is 4.95. The highest BCUT2D eigenvalue weighted by atomic mass is 35.5. The molecule has 0 atom stereocenters. The quantitative estimate of drug-likeness (QED) is 0.715. The molecule has 122 valence electrons. The number of hydrogen-bond donors (Lipinski definition) is 1. The maximum atomic E-state index is 13.8. The summed E-state index contributed by atoms with van der Waals surface area (Å²) in [7, 11) is 0. The number of anilines is 1. The van der Waals surface area contributed by atoms with Gasteiger partial charge in [0.1, 0.15) is 18.2 Å². The predicted molar refractivity (Wildman–Crippen MR) is 88.8 cm³/mol. The number of amides is 1. The first kappa shape index (κ1) is 16.1. The van der Waals surface area contributed by atoms with Gasteiger partial charge in [-0.3, -0.25) is 4.79 Å². The number of rotatable bonds is 5. The third-order valence-corrected chi connectivity index (χ3v) is 3.50. The highest BCUT2D eigenvalue weighted by Crippen LogP contribution is 2.21. The van der Waals surface area contributed by atoms with E-state index in [-0.39, 0.29) is 23.1 Å². The Balaban J connectivity index is 1.71. The minimum absolute atomic E-state index is 0.0238. The second kappa shape index (κ2) is 7.19. The van der Waals surface area contributed by atoms with Gasteiger partial charge >= 0.3 is 0 Å². The standard InChI is InChI=1S/C18H13ClFNO3/c19-13-6-7-16(15(20)10-13)21-18(22)17-12(8-9-23-17)11-24-14-4-2-1-3-5-14/h1-10H,11H2,(H,21,22). The van der Waals surface area contributed by atoms with Gasteiger partial charge in [-0.15, -0.1) is 0 Å². The molecular formula is C18H13ClFNO3. The van der Waals surface area contributed by atoms with E-state index in [4.69, 9.17) is 20.8 Å². The first-order chi connectivity index (χ1) is 11.6. The zero-order chi connectivity index (χ0) is 16.9. The Kier molecular flexibility index (Phi) is 4.82. The number of furan rings is 1. The van der Waals surface area contributed by atoms with E-state index in [0.29, 0.717) is 11.3 Å². The first-order valence-corrected chi connectivity index (χ1v) is 7.52. The minimum Gasteiger partial charge on any atom is -0.489 e. The molecule has 3 aromatic rings. The molecule has 1 amide bonds. The first-order valence-electron chi connectivity index (χ1n) is 7.14. The zero-order valence-corrected chi connectivity index (χ0v) is 13.2. The molecular weight excluding hydrogens is 333 g/mol. The van der Waals surface area contributed by atoms with E-state index in [1.807, 2.05) is 30.3 Å². The molecule has 0 aliphatic rings. The number of halogens is 2. The number of carbonyl (C=O) groups excluding carboxylic acids is 1. The van der Waals surface area contributed by atoms with Crippen LogP contribution >= 0.6 is 11.6 Å². The Hall–Kier alpha value is -2.79. The zero-order valence-electron chi connectivity index (χ0n) is 12.5. The molecule has 0 spiro atoms. The van der Waals surface area contributed by atoms with Crippen molar-refractivity contribution in [3.63, 3.8) is 0 Å². The molecule has 6 heteroatoms. The average Bonchev–Trinajstić information content (AvgIpc) is 3.05. The fourth-order valence-electron chi connectivity index (χ4n) is 2.10. The Morgan fingerprint density at radius 2 is 1.96 bits per heavy atom. The molecule has 2 aromatic carbocycles. The monoisotopic (exact) mass is 345 g/mol. The molecule has 1 aromatic heterocycles. The van der Waals surface area contributed by atoms with Crippen molar-refractivity contribution in [3.8, 4) is 5.75 Å². The van der Waals surface area contributed by atoms with Crippen molar-refractivity contribution in [1.82, 2.24) is 0 Å². The summed E-state index contributed by atoms with van der Waals surface area (Å²) in [5.74, 6) is -0.438. The van der Waals surface area contributed by atoms with Crippen LogP contribution in [0.1, 0.15) is 16.1 Å². The minimum atomic E-state index is -0.621. The molecule has 4 nitrogen and oxygen atoms in total. The van der Waals surface area contributed by atoms with E-state index in [1.54, 1.807) is 6.07 Å². The smallest absolute Gasteiger partial charge is 0.291 e. The van der Waals surface area contributed by atoms with E-state index < -0.39 is 11.7 Å². The number of para-hydroxylation sites is 1. The predicted octanol–water partition coefficient (Wildman–Crippen LogP) is 4.90. The third kappa shape index (κ3) is 3.75. The lowest BCUT2D eigenvalue weighted by Crippen LogP contribution is -2.14. The summed E-state index contributed by atoms with van der Waals surface area (Å²) in [4.78, 5) is 12.3. The van der Waals surface area contributed by atoms with Gasteiger partial charge in [0, 0.05) is 10.6 Å². The van der Waals surface area contributed by atoms with Crippen molar-refractivity contribution >= 4 is 23.2 Å². The van der Waals surface area contributed by atoms with E-state index >= 15 is 0 Å². The van der Waals surface area contributed by atoms with Crippen LogP contribution in [-0.2, 0) is 6.61 Å². The molecule has 24 heavy (non-hydrogen) atoms. The molecule has 3 rings (SSSR count). The van der Waals surface area contributed by atoms with Gasteiger partial charge in [-0.1, -0.05) is 29.8 Å². The van der Waals surface area contributed by atoms with Crippen LogP contribution in [0.25, 0.3) is 0 Å². The largest absolute Gasteiger partial charge is 0.489 e. The molecule has 1 N–H and O–H groups in total. The van der Waals surface area contributed by atoms with Crippen LogP contribution < -0.4 is 10.1 Å². The van der Waals surface area contributed by atoms with Crippen LogP contribution in [0.5, 0.6) is 5.75 Å². The normalized spacial score (nSPS) is 10.4. The Bertz CT molecular complexity index is 848. The summed E-state index contributed by atoms with van der Waals surface area (Å²) in [6.45, 7) is 0.159. The topological polar surface area (TPSA) is 51.5 Å². The molecule has 0 bridgehead atoms. The molecule has 0 radical (unpaired) electrons. The number of carbonyl (C=O) groups is 1. The van der Waals surface area contributed by atoms with Crippen LogP contribution in [-0.4, -0.2) is 5.91 Å². The number of nitrogens with one attached hydrogen (secondary N) is 1. The molecule has 0 saturated heterocycles. The van der Waals surface area contributed by atoms with Crippen molar-refractivity contribution in [2.75, 3.05) is 5.32 Å². The molecule has 0 aliphatic carbocycles. The van der Waals surface area contributed by atoms with Crippen LogP contribution in [0.4, 0.5) is 10.1 Å². The average molecular weight is 346 g/mol. The third-order valence-electron chi connectivity index (χ3n) is 3.27. The summed E-state index contributed by atoms with van der Waals surface area (Å²) < 4.78 is 24.6. The summed E-state index contributed by atoms with van der Waals surface area (Å²) >= 11 is 5.69. The van der Waals surface area contributed by atoms with Crippen molar-refractivity contribution in [3.05, 3.63) is 83.0 Å². The van der Waals surface area contributed by atoms with Crippen LogP contribution in [0.3, 0.4) is 0 Å². The molecule has 0 saturated carbocycles. The highest BCUT2D eigenvalue weighted by Gasteiger charge is 2.17. The Morgan fingerprint density at radius 3 is 2.71 bits per heavy atom. The van der Waals surface area contributed by atoms with Gasteiger partial charge in [0.15, 0.2) is 5.76 Å². The van der Waals surface area contributed by atoms with Gasteiger partial charge in [-0.05, 0) is 36.4 Å². The lowest BCUT2D eigenvalue weighted by atomic mass is 10.2. The van der Waals surface area contributed by atoms with Gasteiger partial charge in [-0.25, -0.2) is 4.39 Å². The van der Waals surface area contributed by atoms with Gasteiger partial charge in [-0.2, -0.15) is 0 Å². The molecule has 0 aliphatic heterocycles. The van der Waals surface area contributed by atoms with Gasteiger partial charge in [0.2, 0.25) is 0 Å². The van der Waals surface area contributed by atoms with Crippen molar-refractivity contribution in [1.29, 1.82) is 0 Å². The van der Waals surface area contributed by atoms with Gasteiger partial charge in [0.25, 0.3) is 5.91 Å². The lowest BCUT2D eigenvalue weighted by molar-refractivity contribution is 0.0993. The van der Waals surface area contributed by atoms with Crippen LogP contribution in [0.2, 0.25) is 5.02 Å². The maximum Gasteiger partial charge on any atom is 0.291 e. The summed E-state index contributed by atoms with van der Waals surface area (Å²) in [6.07, 6.45) is 1.39. The summed E-state index contributed by atoms with van der Waals surface area (Å²) in [5.41, 5.74) is 0.585. The fraction of sp³-hybridized carbons (Fsp3) is 0.0556. The number of benzene rings is 2. The van der Waals surface area contributed by atoms with Crippen molar-refractivity contribution in [2.24, 2.45) is 0 Å². The van der Waals surface area contributed by atoms with E-state index in [0.717, 1.165) is 6.07 Å². The maximum absolute atomic E-state index is 13.8. The van der Waals surface area contributed by atoms with Crippen molar-refractivity contribution < 1.29 is 18.3 Å². The Morgan fingerprint density at radius 1 is 1.17 bits per heavy atom. The Labute approximate surface area is 142 Å². The fourth-order valence-corrected chi connectivity index (χ4v) is 2.26. The van der Waals surface area contributed by atoms with E-state index in [1.165, 1.54) is 18.4 Å². The van der Waals surface area contributed by atoms with Crippen molar-refractivity contribution in [2.45, 2.75) is 6.61 Å². The van der Waals surface area contributed by atoms with Crippen LogP contribution in [0.15, 0.2) is 65.3 Å². The number of hydrogen-bond acceptors (Lipinski definition) is 3. The van der Waals surface area contributed by atoms with E-state index in [2.05, 4.69) is 5.32 Å². The van der Waals surface area contributed by atoms with Gasteiger partial charge in [0.05, 0.1) is 12.0 Å². The molecule has 0 fully saturated rings. The molecule has 1 heterocycles. The van der Waals surface area contributed by atoms with Gasteiger partial charge < -0.3 is 14.5 Å². The molecule has 0 unspecified atom stereocenters. The summed E-state index contributed by atoms with van der Waals surface area (Å²) in [6, 6.07) is 14.8. The lowest BCUT2D eigenvalue weighted by Gasteiger charge is -2.08. The summed E-state index contributed by atoms with van der Waals surface area (Å²) in [5, 5.41) is 2.71. The number of ether oxygens (including phenoxy) is 1. The highest BCUT2D eigenvalue weighted by molar-refractivity contribution is 6.30. The second-order valence-corrected chi connectivity index (χ2v) is 5.39.